The van der Waals surface area contributed by atoms with Crippen molar-refractivity contribution in [1.29, 1.82) is 0 Å². The topological polar surface area (TPSA) is 128 Å². The summed E-state index contributed by atoms with van der Waals surface area (Å²) in [7, 11) is 1.42. The van der Waals surface area contributed by atoms with E-state index in [1.165, 1.54) is 25.3 Å². The summed E-state index contributed by atoms with van der Waals surface area (Å²) < 4.78 is 10.4. The number of carboxylic acid groups (broad SMARTS) is 1. The van der Waals surface area contributed by atoms with Crippen molar-refractivity contribution in [1.82, 2.24) is 5.32 Å². The van der Waals surface area contributed by atoms with Crippen LogP contribution in [0.2, 0.25) is 0 Å². The molecule has 0 spiro atoms. The highest BCUT2D eigenvalue weighted by atomic mass is 16.5. The van der Waals surface area contributed by atoms with Crippen LogP contribution in [0.1, 0.15) is 48.9 Å². The van der Waals surface area contributed by atoms with Gasteiger partial charge in [0.05, 0.1) is 13.0 Å². The SMILES string of the molecule is COc1cc(C(=O)NC2CCCCCCC2C(=O)O)ccc1OCC(N)=O. The van der Waals surface area contributed by atoms with Gasteiger partial charge in [0, 0.05) is 11.6 Å². The van der Waals surface area contributed by atoms with Crippen LogP contribution in [-0.4, -0.2) is 42.6 Å². The molecule has 1 saturated carbocycles. The van der Waals surface area contributed by atoms with Gasteiger partial charge < -0.3 is 25.6 Å². The van der Waals surface area contributed by atoms with Crippen molar-refractivity contribution >= 4 is 17.8 Å². The number of hydrogen-bond donors (Lipinski definition) is 3. The Morgan fingerprint density at radius 3 is 2.48 bits per heavy atom. The first kappa shape index (κ1) is 20.5. The Morgan fingerprint density at radius 1 is 1.15 bits per heavy atom. The Balaban J connectivity index is 2.13. The minimum atomic E-state index is -0.880. The summed E-state index contributed by atoms with van der Waals surface area (Å²) in [6.45, 7) is -0.301. The van der Waals surface area contributed by atoms with E-state index < -0.39 is 23.8 Å². The first-order chi connectivity index (χ1) is 12.9. The number of benzene rings is 1. The van der Waals surface area contributed by atoms with Crippen LogP contribution in [0.5, 0.6) is 11.5 Å². The lowest BCUT2D eigenvalue weighted by atomic mass is 9.86. The minimum absolute atomic E-state index is 0.288. The minimum Gasteiger partial charge on any atom is -0.493 e. The monoisotopic (exact) mass is 378 g/mol. The standard InChI is InChI=1S/C19H26N2O6/c1-26-16-10-12(8-9-15(16)27-11-17(20)22)18(23)21-14-7-5-3-2-4-6-13(14)19(24)25/h8-10,13-14H,2-7,11H2,1H3,(H2,20,22)(H,21,23)(H,24,25). The average molecular weight is 378 g/mol. The van der Waals surface area contributed by atoms with E-state index in [9.17, 15) is 19.5 Å². The Hall–Kier alpha value is -2.77. The maximum absolute atomic E-state index is 12.7. The lowest BCUT2D eigenvalue weighted by Crippen LogP contribution is -2.43. The predicted octanol–water partition coefficient (Wildman–Crippen LogP) is 1.71. The van der Waals surface area contributed by atoms with Gasteiger partial charge >= 0.3 is 5.97 Å². The third-order valence-electron chi connectivity index (χ3n) is 4.70. The van der Waals surface area contributed by atoms with Gasteiger partial charge in [0.2, 0.25) is 0 Å². The van der Waals surface area contributed by atoms with Crippen molar-refractivity contribution in [2.24, 2.45) is 11.7 Å². The van der Waals surface area contributed by atoms with Crippen molar-refractivity contribution in [2.45, 2.75) is 44.6 Å². The molecule has 0 aromatic heterocycles. The molecule has 0 heterocycles. The first-order valence-corrected chi connectivity index (χ1v) is 9.05. The van der Waals surface area contributed by atoms with Crippen LogP contribution >= 0.6 is 0 Å². The van der Waals surface area contributed by atoms with Crippen LogP contribution in [0.25, 0.3) is 0 Å². The summed E-state index contributed by atoms with van der Waals surface area (Å²) in [5.41, 5.74) is 5.38. The molecule has 0 radical (unpaired) electrons. The fourth-order valence-electron chi connectivity index (χ4n) is 3.28. The van der Waals surface area contributed by atoms with E-state index in [0.29, 0.717) is 24.2 Å². The molecule has 148 valence electrons. The molecule has 8 heteroatoms. The van der Waals surface area contributed by atoms with E-state index in [1.54, 1.807) is 0 Å². The highest BCUT2D eigenvalue weighted by molar-refractivity contribution is 5.95. The maximum Gasteiger partial charge on any atom is 0.308 e. The normalized spacial score (nSPS) is 20.0. The molecule has 2 rings (SSSR count). The zero-order valence-corrected chi connectivity index (χ0v) is 15.4. The van der Waals surface area contributed by atoms with E-state index in [4.69, 9.17) is 15.2 Å². The van der Waals surface area contributed by atoms with Gasteiger partial charge in [-0.3, -0.25) is 14.4 Å². The van der Waals surface area contributed by atoms with Crippen LogP contribution in [0.15, 0.2) is 18.2 Å². The second-order valence-corrected chi connectivity index (χ2v) is 6.64. The van der Waals surface area contributed by atoms with Crippen LogP contribution < -0.4 is 20.5 Å². The molecule has 8 nitrogen and oxygen atoms in total. The largest absolute Gasteiger partial charge is 0.493 e. The summed E-state index contributed by atoms with van der Waals surface area (Å²) in [5, 5.41) is 12.4. The third-order valence-corrected chi connectivity index (χ3v) is 4.70. The highest BCUT2D eigenvalue weighted by Gasteiger charge is 2.30. The molecule has 0 saturated heterocycles. The van der Waals surface area contributed by atoms with Crippen LogP contribution in [0.3, 0.4) is 0 Å². The summed E-state index contributed by atoms with van der Waals surface area (Å²) in [6, 6.07) is 4.13. The van der Waals surface area contributed by atoms with Gasteiger partial charge in [0.1, 0.15) is 0 Å². The molecular formula is C19H26N2O6. The molecule has 1 aromatic rings. The Bertz CT molecular complexity index is 691. The molecule has 1 aromatic carbocycles. The molecule has 2 amide bonds. The van der Waals surface area contributed by atoms with E-state index in [-0.39, 0.29) is 18.3 Å². The van der Waals surface area contributed by atoms with E-state index in [1.807, 2.05) is 0 Å². The summed E-state index contributed by atoms with van der Waals surface area (Å²) >= 11 is 0. The molecule has 4 N–H and O–H groups in total. The first-order valence-electron chi connectivity index (χ1n) is 9.05. The second kappa shape index (κ2) is 9.80. The molecule has 1 aliphatic rings. The number of ether oxygens (including phenoxy) is 2. The van der Waals surface area contributed by atoms with Crippen molar-refractivity contribution < 1.29 is 29.0 Å². The number of hydrogen-bond acceptors (Lipinski definition) is 5. The zero-order valence-electron chi connectivity index (χ0n) is 15.4. The third kappa shape index (κ3) is 5.87. The fraction of sp³-hybridized carbons (Fsp3) is 0.526. The molecule has 0 aliphatic heterocycles. The summed E-state index contributed by atoms with van der Waals surface area (Å²) in [4.78, 5) is 35.1. The number of aliphatic carboxylic acids is 1. The quantitative estimate of drug-likeness (QED) is 0.663. The number of methoxy groups -OCH3 is 1. The van der Waals surface area contributed by atoms with Gasteiger partial charge in [-0.15, -0.1) is 0 Å². The lowest BCUT2D eigenvalue weighted by Gasteiger charge is -2.27. The second-order valence-electron chi connectivity index (χ2n) is 6.64. The van der Waals surface area contributed by atoms with Crippen LogP contribution in [0, 0.1) is 5.92 Å². The van der Waals surface area contributed by atoms with E-state index >= 15 is 0 Å². The predicted molar refractivity (Wildman–Crippen MR) is 97.8 cm³/mol. The van der Waals surface area contributed by atoms with Crippen LogP contribution in [0.4, 0.5) is 0 Å². The average Bonchev–Trinajstić information content (AvgIpc) is 2.61. The molecule has 0 bridgehead atoms. The Labute approximate surface area is 158 Å². The molecular weight excluding hydrogens is 352 g/mol. The summed E-state index contributed by atoms with van der Waals surface area (Å²) in [5.74, 6) is -1.88. The number of amides is 2. The van der Waals surface area contributed by atoms with Crippen molar-refractivity contribution in [3.63, 3.8) is 0 Å². The molecule has 27 heavy (non-hydrogen) atoms. The molecule has 1 aliphatic carbocycles. The van der Waals surface area contributed by atoms with Gasteiger partial charge in [-0.25, -0.2) is 0 Å². The van der Waals surface area contributed by atoms with Crippen molar-refractivity contribution in [2.75, 3.05) is 13.7 Å². The number of rotatable bonds is 7. The van der Waals surface area contributed by atoms with E-state index in [0.717, 1.165) is 25.7 Å². The smallest absolute Gasteiger partial charge is 0.308 e. The van der Waals surface area contributed by atoms with Crippen molar-refractivity contribution in [3.05, 3.63) is 23.8 Å². The molecule has 1 fully saturated rings. The Morgan fingerprint density at radius 2 is 1.85 bits per heavy atom. The lowest BCUT2D eigenvalue weighted by molar-refractivity contribution is -0.143. The fourth-order valence-corrected chi connectivity index (χ4v) is 3.28. The Kier molecular flexibility index (Phi) is 7.45. The van der Waals surface area contributed by atoms with E-state index in [2.05, 4.69) is 5.32 Å². The van der Waals surface area contributed by atoms with Crippen molar-refractivity contribution in [3.8, 4) is 11.5 Å². The highest BCUT2D eigenvalue weighted by Crippen LogP contribution is 2.29. The van der Waals surface area contributed by atoms with Gasteiger partial charge in [0.25, 0.3) is 11.8 Å². The van der Waals surface area contributed by atoms with Gasteiger partial charge in [-0.1, -0.05) is 25.7 Å². The number of primary amides is 1. The van der Waals surface area contributed by atoms with Gasteiger partial charge in [0.15, 0.2) is 18.1 Å². The number of nitrogens with two attached hydrogens (primary N) is 1. The molecule has 2 atom stereocenters. The number of nitrogens with one attached hydrogen (secondary N) is 1. The van der Waals surface area contributed by atoms with Gasteiger partial charge in [-0.2, -0.15) is 0 Å². The molecule has 2 unspecified atom stereocenters. The van der Waals surface area contributed by atoms with Crippen LogP contribution in [-0.2, 0) is 9.59 Å². The zero-order chi connectivity index (χ0) is 19.8. The number of carboxylic acids is 1. The number of carbonyl (C=O) groups is 3. The van der Waals surface area contributed by atoms with Gasteiger partial charge in [-0.05, 0) is 31.0 Å². The number of carbonyl (C=O) groups excluding carboxylic acids is 2. The summed E-state index contributed by atoms with van der Waals surface area (Å²) in [6.07, 6.45) is 5.00. The maximum atomic E-state index is 12.7.